The Balaban J connectivity index is 2.87. The summed E-state index contributed by atoms with van der Waals surface area (Å²) in [6, 6.07) is 8.25. The molecule has 0 bridgehead atoms. The van der Waals surface area contributed by atoms with Crippen LogP contribution in [0.5, 0.6) is 0 Å². The van der Waals surface area contributed by atoms with Gasteiger partial charge in [-0.05, 0) is 31.0 Å². The minimum atomic E-state index is 0.545. The maximum atomic E-state index is 5.90. The SMILES string of the molecule is Cc1cc(CCl)c2cccc(C)c2n1. The topological polar surface area (TPSA) is 12.9 Å². The highest BCUT2D eigenvalue weighted by atomic mass is 35.5. The number of para-hydroxylation sites is 1. The predicted molar refractivity (Wildman–Crippen MR) is 60.8 cm³/mol. The Labute approximate surface area is 88.7 Å². The van der Waals surface area contributed by atoms with Crippen molar-refractivity contribution in [2.45, 2.75) is 19.7 Å². The van der Waals surface area contributed by atoms with Gasteiger partial charge in [-0.15, -0.1) is 11.6 Å². The van der Waals surface area contributed by atoms with Crippen LogP contribution >= 0.6 is 11.6 Å². The summed E-state index contributed by atoms with van der Waals surface area (Å²) in [5.41, 5.74) is 4.47. The van der Waals surface area contributed by atoms with Gasteiger partial charge in [-0.3, -0.25) is 4.98 Å². The van der Waals surface area contributed by atoms with E-state index in [1.54, 1.807) is 0 Å². The smallest absolute Gasteiger partial charge is 0.0737 e. The normalized spacial score (nSPS) is 10.8. The number of nitrogens with zero attached hydrogens (tertiary/aromatic N) is 1. The molecule has 1 heterocycles. The molecule has 14 heavy (non-hydrogen) atoms. The highest BCUT2D eigenvalue weighted by Crippen LogP contribution is 2.22. The van der Waals surface area contributed by atoms with Gasteiger partial charge in [0.05, 0.1) is 5.52 Å². The van der Waals surface area contributed by atoms with E-state index in [0.717, 1.165) is 16.8 Å². The van der Waals surface area contributed by atoms with E-state index in [4.69, 9.17) is 11.6 Å². The van der Waals surface area contributed by atoms with E-state index in [0.29, 0.717) is 5.88 Å². The highest BCUT2D eigenvalue weighted by Gasteiger charge is 2.04. The summed E-state index contributed by atoms with van der Waals surface area (Å²) in [6.07, 6.45) is 0. The lowest BCUT2D eigenvalue weighted by atomic mass is 10.1. The van der Waals surface area contributed by atoms with Gasteiger partial charge in [0.2, 0.25) is 0 Å². The summed E-state index contributed by atoms with van der Waals surface area (Å²) in [4.78, 5) is 4.53. The molecule has 0 amide bonds. The first kappa shape index (κ1) is 9.47. The van der Waals surface area contributed by atoms with Crippen molar-refractivity contribution in [3.63, 3.8) is 0 Å². The Hall–Kier alpha value is -1.08. The second-order valence-corrected chi connectivity index (χ2v) is 3.79. The summed E-state index contributed by atoms with van der Waals surface area (Å²) in [5, 5.41) is 1.17. The van der Waals surface area contributed by atoms with Crippen molar-refractivity contribution in [2.75, 3.05) is 0 Å². The molecule has 0 aliphatic carbocycles. The average Bonchev–Trinajstić information content (AvgIpc) is 2.18. The Morgan fingerprint density at radius 2 is 2.07 bits per heavy atom. The maximum Gasteiger partial charge on any atom is 0.0737 e. The molecule has 72 valence electrons. The fourth-order valence-corrected chi connectivity index (χ4v) is 1.94. The van der Waals surface area contributed by atoms with Crippen molar-refractivity contribution in [3.05, 3.63) is 41.1 Å². The third-order valence-corrected chi connectivity index (χ3v) is 2.69. The maximum absolute atomic E-state index is 5.90. The number of aromatic nitrogens is 1. The van der Waals surface area contributed by atoms with Crippen molar-refractivity contribution in [3.8, 4) is 0 Å². The number of rotatable bonds is 1. The first-order valence-electron chi connectivity index (χ1n) is 4.64. The average molecular weight is 206 g/mol. The molecule has 1 nitrogen and oxygen atoms in total. The molecular formula is C12H12ClN. The second kappa shape index (κ2) is 3.58. The molecular weight excluding hydrogens is 194 g/mol. The van der Waals surface area contributed by atoms with Crippen LogP contribution < -0.4 is 0 Å². The Morgan fingerprint density at radius 3 is 2.79 bits per heavy atom. The summed E-state index contributed by atoms with van der Waals surface area (Å²) in [7, 11) is 0. The van der Waals surface area contributed by atoms with Gasteiger partial charge in [0.1, 0.15) is 0 Å². The Kier molecular flexibility index (Phi) is 2.42. The molecule has 0 unspecified atom stereocenters. The molecule has 1 aromatic heterocycles. The number of benzene rings is 1. The van der Waals surface area contributed by atoms with Crippen LogP contribution in [-0.4, -0.2) is 4.98 Å². The van der Waals surface area contributed by atoms with Gasteiger partial charge in [0.15, 0.2) is 0 Å². The standard InChI is InChI=1S/C12H12ClN/c1-8-4-3-5-11-10(7-13)6-9(2)14-12(8)11/h3-6H,7H2,1-2H3. The minimum Gasteiger partial charge on any atom is -0.253 e. The molecule has 0 spiro atoms. The van der Waals surface area contributed by atoms with Crippen LogP contribution in [-0.2, 0) is 5.88 Å². The van der Waals surface area contributed by atoms with E-state index in [1.165, 1.54) is 10.9 Å². The number of hydrogen-bond acceptors (Lipinski definition) is 1. The molecule has 0 radical (unpaired) electrons. The molecule has 0 aliphatic rings. The van der Waals surface area contributed by atoms with E-state index in [1.807, 2.05) is 13.0 Å². The van der Waals surface area contributed by atoms with Gasteiger partial charge >= 0.3 is 0 Å². The Morgan fingerprint density at radius 1 is 1.29 bits per heavy atom. The number of alkyl halides is 1. The van der Waals surface area contributed by atoms with Gasteiger partial charge in [0, 0.05) is 17.0 Å². The van der Waals surface area contributed by atoms with Gasteiger partial charge in [-0.1, -0.05) is 18.2 Å². The monoisotopic (exact) mass is 205 g/mol. The molecule has 0 N–H and O–H groups in total. The molecule has 0 saturated heterocycles. The fraction of sp³-hybridized carbons (Fsp3) is 0.250. The molecule has 0 aliphatic heterocycles. The number of halogens is 1. The lowest BCUT2D eigenvalue weighted by Gasteiger charge is -2.06. The van der Waals surface area contributed by atoms with Crippen LogP contribution in [0.4, 0.5) is 0 Å². The lowest BCUT2D eigenvalue weighted by molar-refractivity contribution is 1.21. The predicted octanol–water partition coefficient (Wildman–Crippen LogP) is 3.59. The third kappa shape index (κ3) is 1.48. The summed E-state index contributed by atoms with van der Waals surface area (Å²) >= 11 is 5.90. The first-order chi connectivity index (χ1) is 6.72. The summed E-state index contributed by atoms with van der Waals surface area (Å²) in [5.74, 6) is 0.545. The largest absolute Gasteiger partial charge is 0.253 e. The van der Waals surface area contributed by atoms with Crippen molar-refractivity contribution in [1.29, 1.82) is 0 Å². The zero-order valence-electron chi connectivity index (χ0n) is 8.34. The van der Waals surface area contributed by atoms with Crippen LogP contribution in [0.3, 0.4) is 0 Å². The van der Waals surface area contributed by atoms with Gasteiger partial charge in [0.25, 0.3) is 0 Å². The first-order valence-corrected chi connectivity index (χ1v) is 5.17. The van der Waals surface area contributed by atoms with Crippen LogP contribution in [0.25, 0.3) is 10.9 Å². The fourth-order valence-electron chi connectivity index (χ4n) is 1.72. The quantitative estimate of drug-likeness (QED) is 0.649. The minimum absolute atomic E-state index is 0.545. The number of hydrogen-bond donors (Lipinski definition) is 0. The van der Waals surface area contributed by atoms with Crippen molar-refractivity contribution >= 4 is 22.5 Å². The van der Waals surface area contributed by atoms with E-state index >= 15 is 0 Å². The van der Waals surface area contributed by atoms with Crippen LogP contribution in [0.15, 0.2) is 24.3 Å². The summed E-state index contributed by atoms with van der Waals surface area (Å²) in [6.45, 7) is 4.08. The van der Waals surface area contributed by atoms with E-state index in [9.17, 15) is 0 Å². The molecule has 2 aromatic rings. The summed E-state index contributed by atoms with van der Waals surface area (Å²) < 4.78 is 0. The number of aryl methyl sites for hydroxylation is 2. The van der Waals surface area contributed by atoms with Gasteiger partial charge in [-0.2, -0.15) is 0 Å². The lowest BCUT2D eigenvalue weighted by Crippen LogP contribution is -1.91. The molecule has 1 aromatic carbocycles. The molecule has 2 rings (SSSR count). The van der Waals surface area contributed by atoms with Gasteiger partial charge in [-0.25, -0.2) is 0 Å². The van der Waals surface area contributed by atoms with Crippen LogP contribution in [0.2, 0.25) is 0 Å². The number of fused-ring (bicyclic) bond motifs is 1. The highest BCUT2D eigenvalue weighted by molar-refractivity contribution is 6.18. The molecule has 0 atom stereocenters. The van der Waals surface area contributed by atoms with Crippen LogP contribution in [0.1, 0.15) is 16.8 Å². The zero-order valence-corrected chi connectivity index (χ0v) is 9.10. The van der Waals surface area contributed by atoms with Crippen LogP contribution in [0, 0.1) is 13.8 Å². The third-order valence-electron chi connectivity index (χ3n) is 2.40. The zero-order chi connectivity index (χ0) is 10.1. The van der Waals surface area contributed by atoms with Crippen molar-refractivity contribution < 1.29 is 0 Å². The van der Waals surface area contributed by atoms with E-state index in [-0.39, 0.29) is 0 Å². The molecule has 0 fully saturated rings. The van der Waals surface area contributed by atoms with Gasteiger partial charge < -0.3 is 0 Å². The molecule has 2 heteroatoms. The number of pyridine rings is 1. The van der Waals surface area contributed by atoms with Crippen molar-refractivity contribution in [1.82, 2.24) is 4.98 Å². The van der Waals surface area contributed by atoms with Crippen molar-refractivity contribution in [2.24, 2.45) is 0 Å². The Bertz CT molecular complexity index is 477. The second-order valence-electron chi connectivity index (χ2n) is 3.53. The van der Waals surface area contributed by atoms with E-state index in [2.05, 4.69) is 30.1 Å². The molecule has 0 saturated carbocycles. The van der Waals surface area contributed by atoms with E-state index < -0.39 is 0 Å².